The lowest BCUT2D eigenvalue weighted by Gasteiger charge is -2.11. The van der Waals surface area contributed by atoms with Gasteiger partial charge < -0.3 is 14.6 Å². The van der Waals surface area contributed by atoms with Crippen LogP contribution in [0.5, 0.6) is 17.2 Å². The molecule has 9 nitrogen and oxygen atoms in total. The maximum Gasteiger partial charge on any atom is 0.275 e. The van der Waals surface area contributed by atoms with E-state index >= 15 is 0 Å². The topological polar surface area (TPSA) is 123 Å². The number of halogens is 2. The number of hydrogen-bond acceptors (Lipinski definition) is 7. The van der Waals surface area contributed by atoms with E-state index in [4.69, 9.17) is 9.47 Å². The standard InChI is InChI=1S/C22H17I2N3O6/c1-32-16-6-7-17(20(28)10-16)22(29)26-25-11-14-8-18(23)21(19(24)9-14)33-12-13-2-4-15(5-3-13)27(30)31/h2-11,28H,12H2,1H3,(H,26,29)/b25-11-. The van der Waals surface area contributed by atoms with Crippen molar-refractivity contribution in [2.24, 2.45) is 5.10 Å². The van der Waals surface area contributed by atoms with Crippen LogP contribution in [0.15, 0.2) is 59.7 Å². The quantitative estimate of drug-likeness (QED) is 0.153. The van der Waals surface area contributed by atoms with Crippen LogP contribution in [-0.4, -0.2) is 29.3 Å². The van der Waals surface area contributed by atoms with Crippen LogP contribution >= 0.6 is 45.2 Å². The van der Waals surface area contributed by atoms with E-state index in [0.717, 1.165) is 18.3 Å². The minimum Gasteiger partial charge on any atom is -0.507 e. The molecule has 0 saturated heterocycles. The molecule has 1 amide bonds. The van der Waals surface area contributed by atoms with Crippen LogP contribution in [0.3, 0.4) is 0 Å². The Morgan fingerprint density at radius 1 is 1.15 bits per heavy atom. The van der Waals surface area contributed by atoms with E-state index in [9.17, 15) is 20.0 Å². The number of aromatic hydroxyl groups is 1. The number of carbonyl (C=O) groups is 1. The number of nitro benzene ring substituents is 1. The summed E-state index contributed by atoms with van der Waals surface area (Å²) >= 11 is 4.28. The van der Waals surface area contributed by atoms with E-state index in [2.05, 4.69) is 55.7 Å². The summed E-state index contributed by atoms with van der Waals surface area (Å²) in [7, 11) is 1.47. The summed E-state index contributed by atoms with van der Waals surface area (Å²) in [5.41, 5.74) is 4.04. The Kier molecular flexibility index (Phi) is 8.43. The molecule has 3 aromatic carbocycles. The SMILES string of the molecule is COc1ccc(C(=O)N/N=C\c2cc(I)c(OCc3ccc([N+](=O)[O-])cc3)c(I)c2)c(O)c1. The lowest BCUT2D eigenvalue weighted by atomic mass is 10.2. The number of hydrogen-bond donors (Lipinski definition) is 2. The maximum absolute atomic E-state index is 12.2. The predicted octanol–water partition coefficient (Wildman–Crippen LogP) is 4.86. The van der Waals surface area contributed by atoms with Gasteiger partial charge >= 0.3 is 0 Å². The second kappa shape index (κ2) is 11.3. The lowest BCUT2D eigenvalue weighted by molar-refractivity contribution is -0.384. The first-order valence-corrected chi connectivity index (χ1v) is 11.5. The fourth-order valence-electron chi connectivity index (χ4n) is 2.72. The minimum absolute atomic E-state index is 0.0286. The zero-order valence-electron chi connectivity index (χ0n) is 17.1. The third-order valence-electron chi connectivity index (χ3n) is 4.38. The van der Waals surface area contributed by atoms with Crippen molar-refractivity contribution < 1.29 is 24.3 Å². The average Bonchev–Trinajstić information content (AvgIpc) is 2.78. The van der Waals surface area contributed by atoms with Gasteiger partial charge in [0.2, 0.25) is 0 Å². The molecule has 0 aliphatic heterocycles. The van der Waals surface area contributed by atoms with Gasteiger partial charge in [-0.05, 0) is 92.7 Å². The molecule has 33 heavy (non-hydrogen) atoms. The van der Waals surface area contributed by atoms with E-state index < -0.39 is 10.8 Å². The summed E-state index contributed by atoms with van der Waals surface area (Å²) in [5.74, 6) is 0.353. The largest absolute Gasteiger partial charge is 0.507 e. The number of phenolic OH excluding ortho intramolecular Hbond substituents is 1. The number of nitro groups is 1. The Labute approximate surface area is 216 Å². The van der Waals surface area contributed by atoms with Gasteiger partial charge in [0, 0.05) is 18.2 Å². The molecule has 0 radical (unpaired) electrons. The molecule has 3 rings (SSSR count). The summed E-state index contributed by atoms with van der Waals surface area (Å²) < 4.78 is 12.6. The number of rotatable bonds is 8. The summed E-state index contributed by atoms with van der Waals surface area (Å²) in [6.45, 7) is 0.263. The number of benzene rings is 3. The smallest absolute Gasteiger partial charge is 0.275 e. The summed E-state index contributed by atoms with van der Waals surface area (Å²) in [4.78, 5) is 22.5. The molecule has 2 N–H and O–H groups in total. The third kappa shape index (κ3) is 6.54. The van der Waals surface area contributed by atoms with Crippen molar-refractivity contribution >= 4 is 63.0 Å². The Balaban J connectivity index is 1.64. The van der Waals surface area contributed by atoms with Gasteiger partial charge in [-0.25, -0.2) is 5.43 Å². The predicted molar refractivity (Wildman–Crippen MR) is 139 cm³/mol. The zero-order valence-corrected chi connectivity index (χ0v) is 21.4. The number of methoxy groups -OCH3 is 1. The van der Waals surface area contributed by atoms with Gasteiger partial charge in [0.25, 0.3) is 11.6 Å². The van der Waals surface area contributed by atoms with Crippen LogP contribution in [0.25, 0.3) is 0 Å². The van der Waals surface area contributed by atoms with Crippen molar-refractivity contribution in [2.45, 2.75) is 6.61 Å². The van der Waals surface area contributed by atoms with Crippen molar-refractivity contribution in [1.82, 2.24) is 5.43 Å². The third-order valence-corrected chi connectivity index (χ3v) is 5.98. The molecule has 0 atom stereocenters. The fraction of sp³-hybridized carbons (Fsp3) is 0.0909. The highest BCUT2D eigenvalue weighted by Gasteiger charge is 2.12. The Morgan fingerprint density at radius 2 is 1.82 bits per heavy atom. The van der Waals surface area contributed by atoms with Crippen LogP contribution in [0.2, 0.25) is 0 Å². The van der Waals surface area contributed by atoms with E-state index in [1.807, 2.05) is 12.1 Å². The molecular formula is C22H17I2N3O6. The van der Waals surface area contributed by atoms with Gasteiger partial charge in [-0.3, -0.25) is 14.9 Å². The molecule has 0 spiro atoms. The van der Waals surface area contributed by atoms with Crippen LogP contribution in [0, 0.1) is 17.3 Å². The molecule has 0 aromatic heterocycles. The molecule has 0 bridgehead atoms. The van der Waals surface area contributed by atoms with Crippen molar-refractivity contribution in [3.63, 3.8) is 0 Å². The second-order valence-electron chi connectivity index (χ2n) is 6.61. The Hall–Kier alpha value is -2.94. The van der Waals surface area contributed by atoms with Crippen molar-refractivity contribution in [1.29, 1.82) is 0 Å². The summed E-state index contributed by atoms with van der Waals surface area (Å²) in [6.07, 6.45) is 1.49. The van der Waals surface area contributed by atoms with E-state index in [1.165, 1.54) is 37.6 Å². The van der Waals surface area contributed by atoms with Gasteiger partial charge in [-0.1, -0.05) is 0 Å². The van der Waals surface area contributed by atoms with Gasteiger partial charge in [-0.2, -0.15) is 5.10 Å². The molecule has 0 heterocycles. The van der Waals surface area contributed by atoms with E-state index in [0.29, 0.717) is 11.5 Å². The number of nitrogens with zero attached hydrogens (tertiary/aromatic N) is 2. The highest BCUT2D eigenvalue weighted by Crippen LogP contribution is 2.29. The molecule has 0 aliphatic rings. The first kappa shape index (κ1) is 24.7. The summed E-state index contributed by atoms with van der Waals surface area (Å²) in [5, 5.41) is 24.7. The second-order valence-corrected chi connectivity index (χ2v) is 8.93. The molecule has 0 aliphatic carbocycles. The zero-order chi connectivity index (χ0) is 24.0. The molecule has 0 unspecified atom stereocenters. The molecule has 170 valence electrons. The number of non-ortho nitro benzene ring substituents is 1. The van der Waals surface area contributed by atoms with Crippen LogP contribution < -0.4 is 14.9 Å². The Morgan fingerprint density at radius 3 is 2.39 bits per heavy atom. The Bertz CT molecular complexity index is 1190. The highest BCUT2D eigenvalue weighted by molar-refractivity contribution is 14.1. The van der Waals surface area contributed by atoms with E-state index in [-0.39, 0.29) is 23.6 Å². The normalized spacial score (nSPS) is 10.8. The van der Waals surface area contributed by atoms with Gasteiger partial charge in [0.15, 0.2) is 0 Å². The number of ether oxygens (including phenoxy) is 2. The minimum atomic E-state index is -0.557. The van der Waals surface area contributed by atoms with Crippen molar-refractivity contribution in [3.8, 4) is 17.2 Å². The van der Waals surface area contributed by atoms with Crippen LogP contribution in [0.4, 0.5) is 5.69 Å². The van der Waals surface area contributed by atoms with Gasteiger partial charge in [0.1, 0.15) is 23.9 Å². The number of amides is 1. The van der Waals surface area contributed by atoms with Gasteiger partial charge in [0.05, 0.1) is 31.0 Å². The number of nitrogens with one attached hydrogen (secondary N) is 1. The van der Waals surface area contributed by atoms with Crippen molar-refractivity contribution in [3.05, 3.63) is 88.5 Å². The summed E-state index contributed by atoms with van der Waals surface area (Å²) in [6, 6.07) is 14.2. The lowest BCUT2D eigenvalue weighted by Crippen LogP contribution is -2.17. The number of hydrazone groups is 1. The average molecular weight is 673 g/mol. The van der Waals surface area contributed by atoms with Crippen LogP contribution in [0.1, 0.15) is 21.5 Å². The molecule has 11 heteroatoms. The molecular weight excluding hydrogens is 656 g/mol. The van der Waals surface area contributed by atoms with E-state index in [1.54, 1.807) is 18.2 Å². The molecule has 3 aromatic rings. The van der Waals surface area contributed by atoms with Crippen LogP contribution in [-0.2, 0) is 6.61 Å². The number of phenols is 1. The highest BCUT2D eigenvalue weighted by atomic mass is 127. The maximum atomic E-state index is 12.2. The first-order chi connectivity index (χ1) is 15.8. The van der Waals surface area contributed by atoms with Crippen molar-refractivity contribution in [2.75, 3.05) is 7.11 Å². The fourth-order valence-corrected chi connectivity index (χ4v) is 4.85. The molecule has 0 saturated carbocycles. The van der Waals surface area contributed by atoms with Gasteiger partial charge in [-0.15, -0.1) is 0 Å². The monoisotopic (exact) mass is 673 g/mol. The molecule has 0 fully saturated rings. The first-order valence-electron chi connectivity index (χ1n) is 9.34. The number of carbonyl (C=O) groups excluding carboxylic acids is 1.